The fourth-order valence-corrected chi connectivity index (χ4v) is 1.99. The van der Waals surface area contributed by atoms with E-state index in [1.54, 1.807) is 0 Å². The minimum absolute atomic E-state index is 0.770. The van der Waals surface area contributed by atoms with E-state index in [-0.39, 0.29) is 0 Å². The lowest BCUT2D eigenvalue weighted by atomic mass is 9.94. The molecule has 0 radical (unpaired) electrons. The van der Waals surface area contributed by atoms with E-state index in [2.05, 4.69) is 17.9 Å². The molecule has 0 saturated carbocycles. The molecule has 14 heavy (non-hydrogen) atoms. The van der Waals surface area contributed by atoms with Gasteiger partial charge in [0.15, 0.2) is 0 Å². The molecule has 0 atom stereocenters. The largest absolute Gasteiger partial charge is 0.399 e. The van der Waals surface area contributed by atoms with E-state index in [0.717, 1.165) is 30.8 Å². The Morgan fingerprint density at radius 3 is 3.00 bits per heavy atom. The third-order valence-corrected chi connectivity index (χ3v) is 2.70. The van der Waals surface area contributed by atoms with Gasteiger partial charge in [-0.2, -0.15) is 0 Å². The first kappa shape index (κ1) is 9.11. The van der Waals surface area contributed by atoms with Crippen molar-refractivity contribution in [2.24, 2.45) is 0 Å². The number of terminal acetylenes is 1. The van der Waals surface area contributed by atoms with Crippen molar-refractivity contribution >= 4 is 5.69 Å². The molecule has 1 aromatic rings. The molecule has 2 nitrogen and oxygen atoms in total. The Kier molecular flexibility index (Phi) is 2.18. The monoisotopic (exact) mass is 186 g/mol. The maximum absolute atomic E-state index is 5.79. The zero-order valence-corrected chi connectivity index (χ0v) is 8.38. The molecule has 0 unspecified atom stereocenters. The first-order valence-electron chi connectivity index (χ1n) is 4.77. The maximum Gasteiger partial charge on any atom is 0.0329 e. The molecule has 0 amide bonds. The number of hydrogen-bond donors (Lipinski definition) is 1. The van der Waals surface area contributed by atoms with Crippen molar-refractivity contribution in [2.45, 2.75) is 13.0 Å². The minimum Gasteiger partial charge on any atom is -0.399 e. The van der Waals surface area contributed by atoms with Crippen LogP contribution in [0.2, 0.25) is 0 Å². The third-order valence-electron chi connectivity index (χ3n) is 2.70. The lowest BCUT2D eigenvalue weighted by Crippen LogP contribution is -2.27. The molecule has 1 aromatic carbocycles. The summed E-state index contributed by atoms with van der Waals surface area (Å²) in [5.74, 6) is 2.71. The van der Waals surface area contributed by atoms with Gasteiger partial charge in [-0.3, -0.25) is 0 Å². The van der Waals surface area contributed by atoms with Crippen LogP contribution in [0.4, 0.5) is 5.69 Å². The highest BCUT2D eigenvalue weighted by atomic mass is 15.1. The van der Waals surface area contributed by atoms with Gasteiger partial charge < -0.3 is 10.6 Å². The van der Waals surface area contributed by atoms with Gasteiger partial charge in [-0.05, 0) is 36.7 Å². The average Bonchev–Trinajstić information content (AvgIpc) is 2.15. The zero-order valence-electron chi connectivity index (χ0n) is 8.38. The number of nitrogens with zero attached hydrogens (tertiary/aromatic N) is 1. The number of nitrogen functional groups attached to an aromatic ring is 1. The zero-order chi connectivity index (χ0) is 10.1. The standard InChI is InChI=1S/C12H14N2/c1-3-9-6-11(13)7-10-8-14(2)5-4-12(9)10/h1,6-7H,4-5,8,13H2,2H3. The van der Waals surface area contributed by atoms with Gasteiger partial charge in [0.1, 0.15) is 0 Å². The Morgan fingerprint density at radius 2 is 2.29 bits per heavy atom. The van der Waals surface area contributed by atoms with Gasteiger partial charge in [0.2, 0.25) is 0 Å². The summed E-state index contributed by atoms with van der Waals surface area (Å²) in [4.78, 5) is 2.28. The van der Waals surface area contributed by atoms with E-state index in [1.165, 1.54) is 11.1 Å². The molecule has 0 aliphatic carbocycles. The number of benzene rings is 1. The van der Waals surface area contributed by atoms with Crippen molar-refractivity contribution < 1.29 is 0 Å². The molecule has 0 aromatic heterocycles. The second kappa shape index (κ2) is 3.36. The van der Waals surface area contributed by atoms with Gasteiger partial charge in [0.05, 0.1) is 0 Å². The first-order valence-corrected chi connectivity index (χ1v) is 4.77. The second-order valence-electron chi connectivity index (χ2n) is 3.84. The second-order valence-corrected chi connectivity index (χ2v) is 3.84. The molecule has 0 bridgehead atoms. The van der Waals surface area contributed by atoms with Gasteiger partial charge in [0.25, 0.3) is 0 Å². The Labute approximate surface area is 84.7 Å². The van der Waals surface area contributed by atoms with Crippen LogP contribution in [0, 0.1) is 12.3 Å². The van der Waals surface area contributed by atoms with E-state index in [1.807, 2.05) is 12.1 Å². The summed E-state index contributed by atoms with van der Waals surface area (Å²) >= 11 is 0. The molecule has 2 heteroatoms. The number of anilines is 1. The SMILES string of the molecule is C#Cc1cc(N)cc2c1CCN(C)C2. The lowest BCUT2D eigenvalue weighted by molar-refractivity contribution is 0.313. The molecule has 0 fully saturated rings. The van der Waals surface area contributed by atoms with Crippen LogP contribution in [-0.4, -0.2) is 18.5 Å². The maximum atomic E-state index is 5.79. The van der Waals surface area contributed by atoms with E-state index in [0.29, 0.717) is 0 Å². The van der Waals surface area contributed by atoms with Crippen LogP contribution in [-0.2, 0) is 13.0 Å². The van der Waals surface area contributed by atoms with E-state index >= 15 is 0 Å². The summed E-state index contributed by atoms with van der Waals surface area (Å²) in [6.45, 7) is 2.03. The van der Waals surface area contributed by atoms with Crippen molar-refractivity contribution in [3.05, 3.63) is 28.8 Å². The van der Waals surface area contributed by atoms with Crippen molar-refractivity contribution in [3.63, 3.8) is 0 Å². The predicted octanol–water partition coefficient (Wildman–Crippen LogP) is 1.24. The highest BCUT2D eigenvalue weighted by Gasteiger charge is 2.15. The van der Waals surface area contributed by atoms with Gasteiger partial charge in [0, 0.05) is 24.3 Å². The summed E-state index contributed by atoms with van der Waals surface area (Å²) in [5, 5.41) is 0. The molecule has 0 saturated heterocycles. The van der Waals surface area contributed by atoms with E-state index in [9.17, 15) is 0 Å². The first-order chi connectivity index (χ1) is 6.70. The topological polar surface area (TPSA) is 29.3 Å². The summed E-state index contributed by atoms with van der Waals surface area (Å²) in [6, 6.07) is 3.93. The molecule has 1 aliphatic rings. The quantitative estimate of drug-likeness (QED) is 0.488. The molecule has 1 heterocycles. The summed E-state index contributed by atoms with van der Waals surface area (Å²) in [7, 11) is 2.11. The highest BCUT2D eigenvalue weighted by Crippen LogP contribution is 2.24. The van der Waals surface area contributed by atoms with E-state index in [4.69, 9.17) is 12.2 Å². The van der Waals surface area contributed by atoms with Gasteiger partial charge in [-0.15, -0.1) is 6.42 Å². The normalized spacial score (nSPS) is 16.0. The average molecular weight is 186 g/mol. The summed E-state index contributed by atoms with van der Waals surface area (Å²) in [6.07, 6.45) is 6.49. The van der Waals surface area contributed by atoms with Crippen LogP contribution >= 0.6 is 0 Å². The Hall–Kier alpha value is -1.46. The van der Waals surface area contributed by atoms with Crippen LogP contribution in [0.5, 0.6) is 0 Å². The van der Waals surface area contributed by atoms with Crippen LogP contribution in [0.1, 0.15) is 16.7 Å². The highest BCUT2D eigenvalue weighted by molar-refractivity contribution is 5.55. The van der Waals surface area contributed by atoms with Crippen molar-refractivity contribution in [1.82, 2.24) is 4.90 Å². The van der Waals surface area contributed by atoms with Crippen molar-refractivity contribution in [3.8, 4) is 12.3 Å². The number of hydrogen-bond acceptors (Lipinski definition) is 2. The van der Waals surface area contributed by atoms with Crippen LogP contribution < -0.4 is 5.73 Å². The molecular formula is C12H14N2. The van der Waals surface area contributed by atoms with Crippen molar-refractivity contribution in [2.75, 3.05) is 19.3 Å². The molecule has 0 spiro atoms. The Morgan fingerprint density at radius 1 is 1.50 bits per heavy atom. The summed E-state index contributed by atoms with van der Waals surface area (Å²) < 4.78 is 0. The Bertz CT molecular complexity index is 402. The molecule has 1 aliphatic heterocycles. The molecule has 2 N–H and O–H groups in total. The van der Waals surface area contributed by atoms with Crippen LogP contribution in [0.25, 0.3) is 0 Å². The fraction of sp³-hybridized carbons (Fsp3) is 0.333. The predicted molar refractivity (Wildman–Crippen MR) is 58.8 cm³/mol. The molecular weight excluding hydrogens is 172 g/mol. The third kappa shape index (κ3) is 1.47. The molecule has 72 valence electrons. The summed E-state index contributed by atoms with van der Waals surface area (Å²) in [5.41, 5.74) is 10.1. The van der Waals surface area contributed by atoms with Crippen LogP contribution in [0.3, 0.4) is 0 Å². The minimum atomic E-state index is 0.770. The van der Waals surface area contributed by atoms with Gasteiger partial charge in [-0.1, -0.05) is 5.92 Å². The number of fused-ring (bicyclic) bond motifs is 1. The Balaban J connectivity index is 2.53. The van der Waals surface area contributed by atoms with Crippen LogP contribution in [0.15, 0.2) is 12.1 Å². The fourth-order valence-electron chi connectivity index (χ4n) is 1.99. The molecule has 2 rings (SSSR count). The van der Waals surface area contributed by atoms with Gasteiger partial charge in [-0.25, -0.2) is 0 Å². The lowest BCUT2D eigenvalue weighted by Gasteiger charge is -2.26. The van der Waals surface area contributed by atoms with Gasteiger partial charge >= 0.3 is 0 Å². The van der Waals surface area contributed by atoms with Crippen molar-refractivity contribution in [1.29, 1.82) is 0 Å². The van der Waals surface area contributed by atoms with E-state index < -0.39 is 0 Å². The number of likely N-dealkylation sites (N-methyl/N-ethyl adjacent to an activating group) is 1. The number of nitrogens with two attached hydrogens (primary N) is 1. The number of rotatable bonds is 0. The smallest absolute Gasteiger partial charge is 0.0329 e.